The smallest absolute Gasteiger partial charge is 0.245 e. The van der Waals surface area contributed by atoms with Gasteiger partial charge in [-0.05, 0) is 54.3 Å². The quantitative estimate of drug-likeness (QED) is 0.312. The van der Waals surface area contributed by atoms with Crippen molar-refractivity contribution in [3.8, 4) is 0 Å². The van der Waals surface area contributed by atoms with Crippen LogP contribution in [-0.2, 0) is 22.4 Å². The molecular weight excluding hydrogens is 437 g/mol. The zero-order chi connectivity index (χ0) is 24.5. The number of aromatic nitrogens is 3. The molecule has 176 valence electrons. The van der Waals surface area contributed by atoms with Gasteiger partial charge in [-0.1, -0.05) is 48.2 Å². The lowest BCUT2D eigenvalue weighted by atomic mass is 9.97. The lowest BCUT2D eigenvalue weighted by molar-refractivity contribution is -0.130. The number of benzene rings is 2. The number of halogens is 1. The second kappa shape index (κ2) is 11.7. The van der Waals surface area contributed by atoms with Crippen molar-refractivity contribution in [1.82, 2.24) is 20.5 Å². The Labute approximate surface area is 196 Å². The number of anilines is 1. The van der Waals surface area contributed by atoms with Crippen LogP contribution in [0.1, 0.15) is 41.8 Å². The highest BCUT2D eigenvalue weighted by atomic mass is 19.1. The van der Waals surface area contributed by atoms with Gasteiger partial charge in [-0.2, -0.15) is 0 Å². The minimum Gasteiger partial charge on any atom is -0.326 e. The maximum atomic E-state index is 13.0. The molecule has 0 aliphatic heterocycles. The van der Waals surface area contributed by atoms with E-state index in [1.807, 2.05) is 37.3 Å². The number of rotatable bonds is 10. The Balaban J connectivity index is 1.76. The second-order valence-electron chi connectivity index (χ2n) is 7.69. The first-order valence-electron chi connectivity index (χ1n) is 10.7. The van der Waals surface area contributed by atoms with Crippen LogP contribution in [0, 0.1) is 5.82 Å². The first-order chi connectivity index (χ1) is 16.4. The fraction of sp³-hybridized carbons (Fsp3) is 0.200. The molecule has 3 aromatic rings. The number of hydrogen-bond donors (Lipinski definition) is 3. The molecule has 8 nitrogen and oxygen atoms in total. The van der Waals surface area contributed by atoms with Gasteiger partial charge < -0.3 is 5.32 Å². The summed E-state index contributed by atoms with van der Waals surface area (Å²) in [6.07, 6.45) is 7.65. The van der Waals surface area contributed by atoms with Gasteiger partial charge in [-0.15, -0.1) is 5.10 Å². The van der Waals surface area contributed by atoms with E-state index in [0.29, 0.717) is 17.8 Å². The largest absolute Gasteiger partial charge is 0.326 e. The van der Waals surface area contributed by atoms with E-state index in [0.717, 1.165) is 16.7 Å². The molecule has 0 bridgehead atoms. The highest BCUT2D eigenvalue weighted by molar-refractivity contribution is 5.91. The van der Waals surface area contributed by atoms with E-state index in [9.17, 15) is 14.0 Å². The van der Waals surface area contributed by atoms with Gasteiger partial charge >= 0.3 is 0 Å². The van der Waals surface area contributed by atoms with Gasteiger partial charge in [0.25, 0.3) is 0 Å². The summed E-state index contributed by atoms with van der Waals surface area (Å²) < 4.78 is 14.6. The lowest BCUT2D eigenvalue weighted by Gasteiger charge is -2.17. The van der Waals surface area contributed by atoms with Gasteiger partial charge in [-0.3, -0.25) is 14.8 Å². The average Bonchev–Trinajstić information content (AvgIpc) is 3.28. The molecule has 0 saturated heterocycles. The molecule has 1 aromatic heterocycles. The molecular formula is C25H26FN5O3. The highest BCUT2D eigenvalue weighted by Gasteiger charge is 2.19. The van der Waals surface area contributed by atoms with Crippen LogP contribution in [0.2, 0.25) is 0 Å². The van der Waals surface area contributed by atoms with Crippen molar-refractivity contribution >= 4 is 29.7 Å². The summed E-state index contributed by atoms with van der Waals surface area (Å²) >= 11 is 0. The summed E-state index contributed by atoms with van der Waals surface area (Å²) in [6, 6.07) is 10.9. The fourth-order valence-electron chi connectivity index (χ4n) is 3.53. The molecule has 2 amide bonds. The number of nitrogens with zero attached hydrogens (tertiary/aromatic N) is 3. The normalized spacial score (nSPS) is 11.9. The average molecular weight is 464 g/mol. The number of carbonyl (C=O) groups excluding carboxylic acids is 2. The monoisotopic (exact) mass is 463 g/mol. The van der Waals surface area contributed by atoms with Gasteiger partial charge in [0, 0.05) is 11.9 Å². The van der Waals surface area contributed by atoms with Crippen molar-refractivity contribution in [1.29, 1.82) is 0 Å². The molecule has 0 aliphatic carbocycles. The molecule has 34 heavy (non-hydrogen) atoms. The Bertz CT molecular complexity index is 1190. The number of allylic oxidation sites excluding steroid dienone is 1. The molecule has 0 fully saturated rings. The predicted molar refractivity (Wildman–Crippen MR) is 127 cm³/mol. The SMILES string of the molecule is C=Cc1ccc(C[C@H](CC(=O)NO)n2cc(CC(=O)Nc3ccc(F)cc3)nn2)cc1/C=C\C. The van der Waals surface area contributed by atoms with Gasteiger partial charge in [0.15, 0.2) is 0 Å². The van der Waals surface area contributed by atoms with Crippen LogP contribution in [0.5, 0.6) is 0 Å². The first-order valence-corrected chi connectivity index (χ1v) is 10.7. The number of amides is 2. The summed E-state index contributed by atoms with van der Waals surface area (Å²) in [5.74, 6) is -1.29. The molecule has 0 unspecified atom stereocenters. The Hall–Kier alpha value is -4.11. The van der Waals surface area contributed by atoms with Crippen molar-refractivity contribution in [3.63, 3.8) is 0 Å². The molecule has 1 atom stereocenters. The Morgan fingerprint density at radius 1 is 1.18 bits per heavy atom. The Morgan fingerprint density at radius 3 is 2.62 bits per heavy atom. The third kappa shape index (κ3) is 6.69. The van der Waals surface area contributed by atoms with E-state index < -0.39 is 17.8 Å². The molecule has 1 heterocycles. The van der Waals surface area contributed by atoms with Crippen LogP contribution in [0.4, 0.5) is 10.1 Å². The molecule has 0 aliphatic rings. The van der Waals surface area contributed by atoms with Crippen molar-refractivity contribution < 1.29 is 19.2 Å². The molecule has 0 spiro atoms. The lowest BCUT2D eigenvalue weighted by Crippen LogP contribution is -2.25. The van der Waals surface area contributed by atoms with E-state index in [1.54, 1.807) is 17.8 Å². The van der Waals surface area contributed by atoms with Gasteiger partial charge in [-0.25, -0.2) is 14.6 Å². The zero-order valence-electron chi connectivity index (χ0n) is 18.7. The topological polar surface area (TPSA) is 109 Å². The van der Waals surface area contributed by atoms with Crippen LogP contribution >= 0.6 is 0 Å². The first kappa shape index (κ1) is 24.5. The van der Waals surface area contributed by atoms with E-state index in [2.05, 4.69) is 22.2 Å². The number of nitrogens with one attached hydrogen (secondary N) is 2. The Morgan fingerprint density at radius 2 is 1.94 bits per heavy atom. The summed E-state index contributed by atoms with van der Waals surface area (Å²) in [4.78, 5) is 24.3. The number of hydrogen-bond acceptors (Lipinski definition) is 5. The van der Waals surface area contributed by atoms with Gasteiger partial charge in [0.05, 0.1) is 24.6 Å². The van der Waals surface area contributed by atoms with Crippen LogP contribution in [0.3, 0.4) is 0 Å². The highest BCUT2D eigenvalue weighted by Crippen LogP contribution is 2.22. The maximum Gasteiger partial charge on any atom is 0.245 e. The van der Waals surface area contributed by atoms with Crippen LogP contribution in [-0.4, -0.2) is 32.0 Å². The van der Waals surface area contributed by atoms with E-state index in [4.69, 9.17) is 5.21 Å². The molecule has 0 radical (unpaired) electrons. The van der Waals surface area contributed by atoms with Crippen molar-refractivity contribution in [3.05, 3.63) is 89.5 Å². The summed E-state index contributed by atoms with van der Waals surface area (Å²) in [7, 11) is 0. The third-order valence-electron chi connectivity index (χ3n) is 5.14. The van der Waals surface area contributed by atoms with Crippen LogP contribution < -0.4 is 10.8 Å². The standard InChI is InChI=1S/C25H26FN5O3/c1-3-5-19-12-17(6-7-18(19)4-2)13-23(15-25(33)29-34)31-16-22(28-30-31)14-24(32)27-21-10-8-20(26)9-11-21/h3-12,16,23,34H,2,13-15H2,1H3,(H,27,32)(H,29,33)/b5-3-/t23-/m1/s1. The van der Waals surface area contributed by atoms with Gasteiger partial charge in [0.1, 0.15) is 5.82 Å². The van der Waals surface area contributed by atoms with E-state index >= 15 is 0 Å². The summed E-state index contributed by atoms with van der Waals surface area (Å²) in [5.41, 5.74) is 5.48. The third-order valence-corrected chi connectivity index (χ3v) is 5.14. The second-order valence-corrected chi connectivity index (χ2v) is 7.69. The molecule has 0 saturated carbocycles. The molecule has 2 aromatic carbocycles. The van der Waals surface area contributed by atoms with Gasteiger partial charge in [0.2, 0.25) is 11.8 Å². The summed E-state index contributed by atoms with van der Waals surface area (Å²) in [5, 5.41) is 19.9. The number of hydroxylamine groups is 1. The van der Waals surface area contributed by atoms with Crippen LogP contribution in [0.25, 0.3) is 12.2 Å². The molecule has 3 rings (SSSR count). The predicted octanol–water partition coefficient (Wildman–Crippen LogP) is 3.95. The number of carbonyl (C=O) groups is 2. The van der Waals surface area contributed by atoms with Crippen molar-refractivity contribution in [2.24, 2.45) is 0 Å². The van der Waals surface area contributed by atoms with E-state index in [-0.39, 0.29) is 18.7 Å². The Kier molecular flexibility index (Phi) is 8.42. The van der Waals surface area contributed by atoms with Crippen molar-refractivity contribution in [2.75, 3.05) is 5.32 Å². The van der Waals surface area contributed by atoms with Crippen LogP contribution in [0.15, 0.2) is 61.3 Å². The molecule has 9 heteroatoms. The van der Waals surface area contributed by atoms with E-state index in [1.165, 1.54) is 28.9 Å². The minimum absolute atomic E-state index is 0.0385. The zero-order valence-corrected chi connectivity index (χ0v) is 18.7. The minimum atomic E-state index is -0.563. The summed E-state index contributed by atoms with van der Waals surface area (Å²) in [6.45, 7) is 5.76. The maximum absolute atomic E-state index is 13.0. The fourth-order valence-corrected chi connectivity index (χ4v) is 3.53. The van der Waals surface area contributed by atoms with Crippen molar-refractivity contribution in [2.45, 2.75) is 32.2 Å². The molecule has 3 N–H and O–H groups in total.